The zero-order chi connectivity index (χ0) is 19.3. The zero-order valence-corrected chi connectivity index (χ0v) is 15.8. The molecule has 2 aliphatic heterocycles. The second-order valence-electron chi connectivity index (χ2n) is 7.67. The molecule has 2 unspecified atom stereocenters. The molecule has 5 rings (SSSR count). The summed E-state index contributed by atoms with van der Waals surface area (Å²) in [6.07, 6.45) is 1.05. The average molecular weight is 374 g/mol. The molecule has 6 nitrogen and oxygen atoms in total. The van der Waals surface area contributed by atoms with Crippen LogP contribution in [0, 0.1) is 12.8 Å². The van der Waals surface area contributed by atoms with Crippen LogP contribution in [0.3, 0.4) is 0 Å². The van der Waals surface area contributed by atoms with Crippen LogP contribution in [0.25, 0.3) is 16.5 Å². The Labute approximate surface area is 162 Å². The summed E-state index contributed by atoms with van der Waals surface area (Å²) >= 11 is 0. The molecule has 2 atom stereocenters. The molecule has 0 aliphatic carbocycles. The molecule has 2 aromatic carbocycles. The second-order valence-corrected chi connectivity index (χ2v) is 7.67. The van der Waals surface area contributed by atoms with E-state index in [9.17, 15) is 9.59 Å². The number of nitrogens with zero attached hydrogens (tertiary/aromatic N) is 3. The van der Waals surface area contributed by atoms with Crippen LogP contribution in [0.5, 0.6) is 0 Å². The summed E-state index contributed by atoms with van der Waals surface area (Å²) in [5, 5.41) is 9.36. The fraction of sp³-hybridized carbons (Fsp3) is 0.318. The van der Waals surface area contributed by atoms with Crippen molar-refractivity contribution >= 4 is 16.7 Å². The van der Waals surface area contributed by atoms with Crippen LogP contribution in [0.15, 0.2) is 53.3 Å². The van der Waals surface area contributed by atoms with Crippen molar-refractivity contribution in [2.75, 3.05) is 19.6 Å². The number of carbonyl (C=O) groups excluding carboxylic acids is 1. The number of hydrogen-bond acceptors (Lipinski definition) is 4. The molecule has 0 radical (unpaired) electrons. The van der Waals surface area contributed by atoms with Crippen LogP contribution >= 0.6 is 0 Å². The lowest BCUT2D eigenvalue weighted by atomic mass is 10.0. The van der Waals surface area contributed by atoms with Crippen molar-refractivity contribution in [3.05, 3.63) is 70.1 Å². The van der Waals surface area contributed by atoms with Gasteiger partial charge in [0.05, 0.1) is 16.8 Å². The lowest BCUT2D eigenvalue weighted by Gasteiger charge is -2.23. The van der Waals surface area contributed by atoms with Crippen LogP contribution in [-0.2, 0) is 0 Å². The quantitative estimate of drug-likeness (QED) is 0.746. The van der Waals surface area contributed by atoms with Crippen molar-refractivity contribution in [2.24, 2.45) is 5.92 Å². The highest BCUT2D eigenvalue weighted by molar-refractivity contribution is 5.95. The number of benzene rings is 2. The van der Waals surface area contributed by atoms with Gasteiger partial charge in [-0.2, -0.15) is 9.78 Å². The van der Waals surface area contributed by atoms with Gasteiger partial charge in [-0.3, -0.25) is 9.59 Å². The Morgan fingerprint density at radius 2 is 1.93 bits per heavy atom. The minimum absolute atomic E-state index is 0.0311. The molecule has 6 heteroatoms. The van der Waals surface area contributed by atoms with Gasteiger partial charge in [0.2, 0.25) is 0 Å². The monoisotopic (exact) mass is 374 g/mol. The molecule has 2 fully saturated rings. The number of aromatic nitrogens is 2. The summed E-state index contributed by atoms with van der Waals surface area (Å²) in [6.45, 7) is 4.54. The molecular formula is C22H22N4O2. The van der Waals surface area contributed by atoms with E-state index in [0.717, 1.165) is 37.1 Å². The van der Waals surface area contributed by atoms with Crippen molar-refractivity contribution in [3.63, 3.8) is 0 Å². The predicted octanol–water partition coefficient (Wildman–Crippen LogP) is 2.13. The van der Waals surface area contributed by atoms with Gasteiger partial charge in [0.25, 0.3) is 11.5 Å². The van der Waals surface area contributed by atoms with Crippen molar-refractivity contribution in [2.45, 2.75) is 19.4 Å². The van der Waals surface area contributed by atoms with Gasteiger partial charge in [0.15, 0.2) is 0 Å². The molecule has 1 N–H and O–H groups in total. The number of fused-ring (bicyclic) bond motifs is 2. The Morgan fingerprint density at radius 3 is 2.79 bits per heavy atom. The third-order valence-corrected chi connectivity index (χ3v) is 6.03. The lowest BCUT2D eigenvalue weighted by Crippen LogP contribution is -2.39. The number of carbonyl (C=O) groups is 1. The van der Waals surface area contributed by atoms with E-state index in [4.69, 9.17) is 0 Å². The lowest BCUT2D eigenvalue weighted by molar-refractivity contribution is 0.0737. The maximum atomic E-state index is 13.1. The van der Waals surface area contributed by atoms with E-state index in [-0.39, 0.29) is 17.5 Å². The fourth-order valence-electron chi connectivity index (χ4n) is 4.56. The molecule has 3 heterocycles. The van der Waals surface area contributed by atoms with Crippen molar-refractivity contribution in [3.8, 4) is 5.69 Å². The SMILES string of the molecule is Cc1nn(-c2cccc(C(=O)N3CCC4CNCC43)c2)c(=O)c2ccccc12. The van der Waals surface area contributed by atoms with Crippen molar-refractivity contribution in [1.29, 1.82) is 0 Å². The third-order valence-electron chi connectivity index (χ3n) is 6.03. The maximum absolute atomic E-state index is 13.1. The number of amides is 1. The normalized spacial score (nSPS) is 21.2. The largest absolute Gasteiger partial charge is 0.334 e. The van der Waals surface area contributed by atoms with E-state index >= 15 is 0 Å². The first-order valence-electron chi connectivity index (χ1n) is 9.74. The van der Waals surface area contributed by atoms with E-state index in [1.807, 2.05) is 54.3 Å². The summed E-state index contributed by atoms with van der Waals surface area (Å²) in [6, 6.07) is 15.0. The van der Waals surface area contributed by atoms with Crippen LogP contribution < -0.4 is 10.9 Å². The Kier molecular flexibility index (Phi) is 4.02. The molecule has 3 aromatic rings. The molecule has 28 heavy (non-hydrogen) atoms. The van der Waals surface area contributed by atoms with Gasteiger partial charge in [0.1, 0.15) is 0 Å². The highest BCUT2D eigenvalue weighted by Gasteiger charge is 2.40. The van der Waals surface area contributed by atoms with E-state index in [2.05, 4.69) is 10.4 Å². The van der Waals surface area contributed by atoms with Gasteiger partial charge in [-0.05, 0) is 43.5 Å². The minimum Gasteiger partial charge on any atom is -0.334 e. The van der Waals surface area contributed by atoms with Gasteiger partial charge in [-0.1, -0.05) is 24.3 Å². The molecule has 142 valence electrons. The Bertz CT molecular complexity index is 1140. The summed E-state index contributed by atoms with van der Waals surface area (Å²) in [7, 11) is 0. The first-order valence-corrected chi connectivity index (χ1v) is 9.74. The molecular weight excluding hydrogens is 352 g/mol. The average Bonchev–Trinajstić information content (AvgIpc) is 3.34. The van der Waals surface area contributed by atoms with E-state index in [1.165, 1.54) is 4.68 Å². The Balaban J connectivity index is 1.55. The van der Waals surface area contributed by atoms with Gasteiger partial charge in [-0.15, -0.1) is 0 Å². The molecule has 2 saturated heterocycles. The smallest absolute Gasteiger partial charge is 0.279 e. The highest BCUT2D eigenvalue weighted by Crippen LogP contribution is 2.28. The van der Waals surface area contributed by atoms with Gasteiger partial charge < -0.3 is 10.2 Å². The second kappa shape index (κ2) is 6.56. The predicted molar refractivity (Wildman–Crippen MR) is 108 cm³/mol. The van der Waals surface area contributed by atoms with Crippen LogP contribution in [0.2, 0.25) is 0 Å². The standard InChI is InChI=1S/C22H22N4O2/c1-14-18-7-2-3-8-19(18)22(28)26(24-14)17-6-4-5-15(11-17)21(27)25-10-9-16-12-23-13-20(16)25/h2-8,11,16,20,23H,9-10,12-13H2,1H3. The maximum Gasteiger partial charge on any atom is 0.279 e. The van der Waals surface area contributed by atoms with Crippen molar-refractivity contribution in [1.82, 2.24) is 20.0 Å². The molecule has 0 saturated carbocycles. The Morgan fingerprint density at radius 1 is 1.11 bits per heavy atom. The molecule has 0 bridgehead atoms. The van der Waals surface area contributed by atoms with E-state index in [1.54, 1.807) is 6.07 Å². The summed E-state index contributed by atoms with van der Waals surface area (Å²) in [4.78, 5) is 28.1. The number of aryl methyl sites for hydroxylation is 1. The minimum atomic E-state index is -0.174. The van der Waals surface area contributed by atoms with Crippen molar-refractivity contribution < 1.29 is 4.79 Å². The first-order chi connectivity index (χ1) is 13.6. The Hall–Kier alpha value is -2.99. The molecule has 1 amide bonds. The van der Waals surface area contributed by atoms with Crippen LogP contribution in [-0.4, -0.2) is 46.3 Å². The fourth-order valence-corrected chi connectivity index (χ4v) is 4.56. The van der Waals surface area contributed by atoms with Gasteiger partial charge >= 0.3 is 0 Å². The molecule has 2 aliphatic rings. The zero-order valence-electron chi connectivity index (χ0n) is 15.8. The van der Waals surface area contributed by atoms with Gasteiger partial charge in [-0.25, -0.2) is 0 Å². The summed E-state index contributed by atoms with van der Waals surface area (Å²) in [5.74, 6) is 0.586. The number of rotatable bonds is 2. The van der Waals surface area contributed by atoms with Crippen LogP contribution in [0.1, 0.15) is 22.5 Å². The number of hydrogen-bond donors (Lipinski definition) is 1. The summed E-state index contributed by atoms with van der Waals surface area (Å²) < 4.78 is 1.40. The first kappa shape index (κ1) is 17.1. The van der Waals surface area contributed by atoms with E-state index < -0.39 is 0 Å². The molecule has 0 spiro atoms. The topological polar surface area (TPSA) is 67.2 Å². The highest BCUT2D eigenvalue weighted by atomic mass is 16.2. The van der Waals surface area contributed by atoms with Gasteiger partial charge in [0, 0.05) is 36.6 Å². The number of nitrogens with one attached hydrogen (secondary N) is 1. The third kappa shape index (κ3) is 2.64. The number of likely N-dealkylation sites (tertiary alicyclic amines) is 1. The van der Waals surface area contributed by atoms with E-state index in [0.29, 0.717) is 22.6 Å². The molecule has 1 aromatic heterocycles. The summed E-state index contributed by atoms with van der Waals surface area (Å²) in [5.41, 5.74) is 1.83. The van der Waals surface area contributed by atoms with Crippen LogP contribution in [0.4, 0.5) is 0 Å².